The van der Waals surface area contributed by atoms with Crippen molar-refractivity contribution in [3.05, 3.63) is 93.0 Å². The Labute approximate surface area is 432 Å². The molecule has 2 atom stereocenters. The summed E-state index contributed by atoms with van der Waals surface area (Å²) in [4.78, 5) is 50.2. The molecule has 0 saturated heterocycles. The fourth-order valence-corrected chi connectivity index (χ4v) is 10.3. The Kier molecular flexibility index (Phi) is 16.7. The number of hydrogen-bond donors (Lipinski definition) is 3. The fraction of sp³-hybridized carbons (Fsp3) is 0.439. The van der Waals surface area contributed by atoms with Gasteiger partial charge in [-0.15, -0.1) is 0 Å². The summed E-state index contributed by atoms with van der Waals surface area (Å²) in [6.45, 7) is -2.68. The maximum atomic E-state index is 15.5. The summed E-state index contributed by atoms with van der Waals surface area (Å²) in [5.41, 5.74) is -5.95. The van der Waals surface area contributed by atoms with E-state index in [1.165, 1.54) is 48.6 Å². The quantitative estimate of drug-likeness (QED) is 0.0247. The van der Waals surface area contributed by atoms with Crippen molar-refractivity contribution in [1.29, 1.82) is 0 Å². The van der Waals surface area contributed by atoms with Crippen LogP contribution in [0, 0.1) is 11.6 Å². The standard InChI is InChI=1S/C41H40ClF10IN7O11PS2/c1-38(2,73(3,66)67)10-9-23-5-6-24(25-7-8-27(42)31-33(25)59(19-39(45,46)47)57-36(31)60(74(4,68)69)37(62)70-11-12-71-72(63,64)65)32(54-23)28(15-20-13-21(43)16-22(44)14-20)55-30(61)18-58-35-26(17-29(53)40(35,48)49)34(56-58)41(50,51)52/h5-8,13-14,16,28-29H,9-12,15,17-19H2,1-4H3,(H,55,61)(H2,63,64,65)/t28-,29+/m0/s1. The number of nitrogens with zero attached hydrogens (tertiary/aromatic N) is 6. The number of sulfone groups is 1. The molecule has 2 aromatic carbocycles. The van der Waals surface area contributed by atoms with E-state index in [0.717, 1.165) is 30.5 Å². The lowest BCUT2D eigenvalue weighted by molar-refractivity contribution is -0.142. The number of hydrogen-bond acceptors (Lipinski definition) is 12. The van der Waals surface area contributed by atoms with Gasteiger partial charge in [-0.25, -0.2) is 35.0 Å². The molecule has 1 aliphatic carbocycles. The van der Waals surface area contributed by atoms with Crippen LogP contribution in [-0.4, -0.2) is 104 Å². The van der Waals surface area contributed by atoms with Crippen LogP contribution in [0.15, 0.2) is 42.5 Å². The lowest BCUT2D eigenvalue weighted by atomic mass is 9.93. The van der Waals surface area contributed by atoms with E-state index >= 15 is 8.78 Å². The Morgan fingerprint density at radius 3 is 2.16 bits per heavy atom. The average molecular weight is 1250 g/mol. The minimum atomic E-state index is -5.26. The number of fused-ring (bicyclic) bond motifs is 2. The molecule has 74 heavy (non-hydrogen) atoms. The average Bonchev–Trinajstić information content (AvgIpc) is 3.85. The second-order valence-corrected chi connectivity index (χ2v) is 25.0. The molecule has 0 radical (unpaired) electrons. The van der Waals surface area contributed by atoms with Crippen LogP contribution in [0.25, 0.3) is 22.0 Å². The van der Waals surface area contributed by atoms with Crippen LogP contribution >= 0.6 is 42.0 Å². The maximum absolute atomic E-state index is 15.5. The van der Waals surface area contributed by atoms with Crippen LogP contribution in [0.2, 0.25) is 5.02 Å². The zero-order chi connectivity index (χ0) is 55.5. The first-order chi connectivity index (χ1) is 33.8. The highest BCUT2D eigenvalue weighted by molar-refractivity contribution is 14.1. The number of ether oxygens (including phenoxy) is 1. The van der Waals surface area contributed by atoms with Crippen molar-refractivity contribution in [2.75, 3.05) is 30.0 Å². The molecule has 3 N–H and O–H groups in total. The molecule has 0 bridgehead atoms. The smallest absolute Gasteiger partial charge is 0.446 e. The molecule has 33 heteroatoms. The minimum absolute atomic E-state index is 0.000939. The number of rotatable bonds is 18. The third-order valence-electron chi connectivity index (χ3n) is 11.4. The molecule has 0 aliphatic heterocycles. The van der Waals surface area contributed by atoms with Crippen molar-refractivity contribution in [3.8, 4) is 11.1 Å². The van der Waals surface area contributed by atoms with Crippen LogP contribution in [0.4, 0.5) is 54.5 Å². The van der Waals surface area contributed by atoms with Gasteiger partial charge in [0.15, 0.2) is 21.3 Å². The Morgan fingerprint density at radius 1 is 0.973 bits per heavy atom. The number of benzene rings is 2. The monoisotopic (exact) mass is 1250 g/mol. The molecular formula is C41H40ClF10IN7O11PS2. The Bertz CT molecular complexity index is 3280. The molecule has 0 saturated carbocycles. The molecule has 3 heterocycles. The Hall–Kier alpha value is -4.66. The van der Waals surface area contributed by atoms with Crippen molar-refractivity contribution >= 4 is 90.6 Å². The highest BCUT2D eigenvalue weighted by atomic mass is 127. The molecule has 0 unspecified atom stereocenters. The predicted octanol–water partition coefficient (Wildman–Crippen LogP) is 8.13. The van der Waals surface area contributed by atoms with Crippen LogP contribution in [0.5, 0.6) is 0 Å². The number of pyridine rings is 1. The van der Waals surface area contributed by atoms with E-state index in [1.807, 2.05) is 0 Å². The van der Waals surface area contributed by atoms with E-state index in [-0.39, 0.29) is 43.3 Å². The van der Waals surface area contributed by atoms with Crippen molar-refractivity contribution in [2.24, 2.45) is 0 Å². The van der Waals surface area contributed by atoms with Gasteiger partial charge in [-0.05, 0) is 69.4 Å². The largest absolute Gasteiger partial charge is 0.469 e. The van der Waals surface area contributed by atoms with Crippen molar-refractivity contribution in [2.45, 2.75) is 85.6 Å². The number of alkyl halides is 9. The summed E-state index contributed by atoms with van der Waals surface area (Å²) in [5, 5.41) is 8.28. The molecular weight excluding hydrogens is 1210 g/mol. The number of aromatic nitrogens is 5. The Balaban J connectivity index is 1.61. The first kappa shape index (κ1) is 58.6. The van der Waals surface area contributed by atoms with E-state index in [4.69, 9.17) is 26.1 Å². The van der Waals surface area contributed by atoms with E-state index in [0.29, 0.717) is 12.3 Å². The molecule has 406 valence electrons. The van der Waals surface area contributed by atoms with Gasteiger partial charge in [0.1, 0.15) is 37.0 Å². The second kappa shape index (κ2) is 21.0. The first-order valence-electron chi connectivity index (χ1n) is 21.1. The van der Waals surface area contributed by atoms with Gasteiger partial charge in [0.25, 0.3) is 0 Å². The van der Waals surface area contributed by atoms with Crippen molar-refractivity contribution in [1.82, 2.24) is 29.9 Å². The van der Waals surface area contributed by atoms with Gasteiger partial charge in [0.2, 0.25) is 15.9 Å². The summed E-state index contributed by atoms with van der Waals surface area (Å²) in [7, 11) is -13.9. The maximum Gasteiger partial charge on any atom is 0.469 e. The van der Waals surface area contributed by atoms with E-state index < -0.39 is 173 Å². The third kappa shape index (κ3) is 13.3. The molecule has 2 amide bonds. The predicted molar refractivity (Wildman–Crippen MR) is 252 cm³/mol. The molecule has 6 rings (SSSR count). The van der Waals surface area contributed by atoms with Gasteiger partial charge in [0, 0.05) is 34.7 Å². The number of sulfonamides is 1. The summed E-state index contributed by atoms with van der Waals surface area (Å²) in [6.07, 6.45) is -12.9. The van der Waals surface area contributed by atoms with Gasteiger partial charge < -0.3 is 19.8 Å². The van der Waals surface area contributed by atoms with Crippen LogP contribution < -0.4 is 9.62 Å². The summed E-state index contributed by atoms with van der Waals surface area (Å²) in [5.74, 6) is -8.76. The Morgan fingerprint density at radius 2 is 1.59 bits per heavy atom. The second-order valence-electron chi connectivity index (χ2n) is 17.4. The number of carbonyl (C=O) groups is 2. The van der Waals surface area contributed by atoms with Crippen molar-refractivity contribution < 1.29 is 93.9 Å². The number of halogens is 12. The number of aryl methyl sites for hydroxylation is 1. The van der Waals surface area contributed by atoms with Gasteiger partial charge in [-0.3, -0.25) is 23.7 Å². The highest BCUT2D eigenvalue weighted by Crippen LogP contribution is 2.50. The number of phosphoric ester groups is 1. The molecule has 5 aromatic rings. The number of anilines is 1. The molecule has 3 aromatic heterocycles. The normalized spacial score (nSPS) is 15.8. The van der Waals surface area contributed by atoms with Gasteiger partial charge in [-0.2, -0.15) is 49.6 Å². The zero-order valence-electron chi connectivity index (χ0n) is 38.4. The number of carbonyl (C=O) groups excluding carboxylic acids is 2. The van der Waals surface area contributed by atoms with Gasteiger partial charge >= 0.3 is 32.2 Å². The lowest BCUT2D eigenvalue weighted by Crippen LogP contribution is -2.37. The SMILES string of the molecule is CC(C)(CCc1ccc(-c2ccc(Cl)c3c(N(C(=O)OCCOP(=O)(O)O)S(C)(=O)=O)nn(CC(F)(F)F)c23)c([C@H](Cc2cc(F)cc(F)c2)NC(=O)Cn2nc(C(F)(F)F)c3c2C(F)(F)[C@H](I)C3)n1)S(C)(=O)=O. The highest BCUT2D eigenvalue weighted by Gasteiger charge is 2.55. The lowest BCUT2D eigenvalue weighted by Gasteiger charge is -2.25. The number of phosphoric acid groups is 1. The van der Waals surface area contributed by atoms with E-state index in [2.05, 4.69) is 25.0 Å². The summed E-state index contributed by atoms with van der Waals surface area (Å²) in [6, 6.07) is 4.76. The summed E-state index contributed by atoms with van der Waals surface area (Å²) >= 11 is 7.82. The van der Waals surface area contributed by atoms with E-state index in [1.54, 1.807) is 0 Å². The fourth-order valence-electron chi connectivity index (χ4n) is 7.81. The first-order valence-corrected chi connectivity index (χ1v) is 27.9. The number of nitrogens with one attached hydrogen (secondary N) is 1. The number of amides is 2. The molecule has 1 aliphatic rings. The summed E-state index contributed by atoms with van der Waals surface area (Å²) < 4.78 is 216. The van der Waals surface area contributed by atoms with Crippen molar-refractivity contribution in [3.63, 3.8) is 0 Å². The van der Waals surface area contributed by atoms with Crippen LogP contribution in [-0.2, 0) is 82.9 Å². The molecule has 0 fully saturated rings. The van der Waals surface area contributed by atoms with E-state index in [9.17, 15) is 66.1 Å². The molecule has 18 nitrogen and oxygen atoms in total. The minimum Gasteiger partial charge on any atom is -0.446 e. The van der Waals surface area contributed by atoms with Gasteiger partial charge in [-0.1, -0.05) is 46.3 Å². The topological polar surface area (TPSA) is 242 Å². The third-order valence-corrected chi connectivity index (χ3v) is 16.7. The van der Waals surface area contributed by atoms with Crippen LogP contribution in [0.3, 0.4) is 0 Å². The molecule has 0 spiro atoms. The van der Waals surface area contributed by atoms with Gasteiger partial charge in [0.05, 0.1) is 49.2 Å². The zero-order valence-corrected chi connectivity index (χ0v) is 43.8. The van der Waals surface area contributed by atoms with Crippen LogP contribution in [0.1, 0.15) is 60.2 Å².